The molecule has 20 heavy (non-hydrogen) atoms. The van der Waals surface area contributed by atoms with E-state index >= 15 is 0 Å². The van der Waals surface area contributed by atoms with Gasteiger partial charge >= 0.3 is 0 Å². The van der Waals surface area contributed by atoms with E-state index in [2.05, 4.69) is 56.9 Å². The Morgan fingerprint density at radius 2 is 2.10 bits per heavy atom. The molecule has 2 heterocycles. The number of fused-ring (bicyclic) bond motifs is 1. The van der Waals surface area contributed by atoms with Crippen LogP contribution in [0.1, 0.15) is 11.8 Å². The molecular weight excluding hydrogens is 383 g/mol. The molecule has 3 aromatic rings. The third-order valence-electron chi connectivity index (χ3n) is 2.94. The lowest BCUT2D eigenvalue weighted by Gasteiger charge is -2.08. The van der Waals surface area contributed by atoms with Crippen LogP contribution in [0.15, 0.2) is 30.3 Å². The zero-order chi connectivity index (χ0) is 14.1. The van der Waals surface area contributed by atoms with Crippen molar-refractivity contribution in [3.8, 4) is 0 Å². The van der Waals surface area contributed by atoms with Crippen LogP contribution in [0.3, 0.4) is 0 Å². The molecule has 0 unspecified atom stereocenters. The van der Waals surface area contributed by atoms with Gasteiger partial charge in [-0.15, -0.1) is 11.3 Å². The molecule has 3 rings (SSSR count). The second kappa shape index (κ2) is 5.53. The largest absolute Gasteiger partial charge is 0.368 e. The van der Waals surface area contributed by atoms with Gasteiger partial charge in [-0.25, -0.2) is 4.98 Å². The maximum Gasteiger partial charge on any atom is 0.223 e. The molecule has 0 aliphatic rings. The summed E-state index contributed by atoms with van der Waals surface area (Å²) in [6.07, 6.45) is 0.989. The van der Waals surface area contributed by atoms with Gasteiger partial charge in [-0.05, 0) is 47.2 Å². The summed E-state index contributed by atoms with van der Waals surface area (Å²) in [6, 6.07) is 10.2. The number of aryl methyl sites for hydroxylation is 1. The third kappa shape index (κ3) is 2.57. The molecule has 0 bridgehead atoms. The van der Waals surface area contributed by atoms with Gasteiger partial charge in [0.25, 0.3) is 0 Å². The zero-order valence-corrected chi connectivity index (χ0v) is 13.8. The van der Waals surface area contributed by atoms with Crippen LogP contribution in [0.2, 0.25) is 0 Å². The van der Waals surface area contributed by atoms with Crippen LogP contribution >= 0.6 is 33.9 Å². The Hall–Kier alpha value is -1.41. The molecule has 0 aliphatic heterocycles. The van der Waals surface area contributed by atoms with Crippen molar-refractivity contribution < 1.29 is 0 Å². The normalized spacial score (nSPS) is 10.9. The highest BCUT2D eigenvalue weighted by Crippen LogP contribution is 2.32. The summed E-state index contributed by atoms with van der Waals surface area (Å²) in [6.45, 7) is 2.13. The number of nitrogens with zero attached hydrogens (tertiary/aromatic N) is 2. The van der Waals surface area contributed by atoms with Crippen molar-refractivity contribution in [1.29, 1.82) is 0 Å². The van der Waals surface area contributed by atoms with Gasteiger partial charge in [0, 0.05) is 8.45 Å². The van der Waals surface area contributed by atoms with Crippen LogP contribution in [0.25, 0.3) is 10.2 Å². The molecule has 0 aliphatic carbocycles. The Morgan fingerprint density at radius 1 is 1.30 bits per heavy atom. The number of nitrogens with two attached hydrogens (primary N) is 1. The minimum Gasteiger partial charge on any atom is -0.368 e. The number of hydrogen-bond donors (Lipinski definition) is 2. The smallest absolute Gasteiger partial charge is 0.223 e. The maximum absolute atomic E-state index is 5.81. The second-order valence-corrected chi connectivity index (χ2v) is 6.60. The summed E-state index contributed by atoms with van der Waals surface area (Å²) in [5.74, 6) is 1.07. The molecule has 102 valence electrons. The molecule has 0 atom stereocenters. The van der Waals surface area contributed by atoms with Gasteiger partial charge in [0.2, 0.25) is 5.95 Å². The summed E-state index contributed by atoms with van der Waals surface area (Å²) in [4.78, 5) is 10.9. The topological polar surface area (TPSA) is 63.8 Å². The van der Waals surface area contributed by atoms with Gasteiger partial charge in [0.05, 0.1) is 11.1 Å². The van der Waals surface area contributed by atoms with E-state index in [1.165, 1.54) is 4.88 Å². The molecule has 0 saturated heterocycles. The molecule has 1 aromatic carbocycles. The molecule has 0 saturated carbocycles. The monoisotopic (exact) mass is 396 g/mol. The van der Waals surface area contributed by atoms with Crippen molar-refractivity contribution in [3.05, 3.63) is 38.8 Å². The fourth-order valence-electron chi connectivity index (χ4n) is 1.95. The minimum absolute atomic E-state index is 0.301. The molecular formula is C14H13IN4S. The van der Waals surface area contributed by atoms with Gasteiger partial charge in [-0.3, -0.25) is 0 Å². The van der Waals surface area contributed by atoms with Crippen molar-refractivity contribution in [2.45, 2.75) is 13.3 Å². The number of halogens is 1. The first-order chi connectivity index (χ1) is 9.67. The van der Waals surface area contributed by atoms with Gasteiger partial charge in [0.1, 0.15) is 10.6 Å². The van der Waals surface area contributed by atoms with Gasteiger partial charge in [0.15, 0.2) is 0 Å². The van der Waals surface area contributed by atoms with Crippen LogP contribution in [-0.2, 0) is 6.42 Å². The SMILES string of the molecule is CCc1cc2c(Nc3ccccc3I)nc(N)nc2s1. The lowest BCUT2D eigenvalue weighted by molar-refractivity contribution is 1.19. The van der Waals surface area contributed by atoms with Crippen molar-refractivity contribution >= 4 is 61.6 Å². The summed E-state index contributed by atoms with van der Waals surface area (Å²) >= 11 is 3.96. The number of nitrogens with one attached hydrogen (secondary N) is 1. The van der Waals surface area contributed by atoms with E-state index in [0.29, 0.717) is 5.95 Å². The molecule has 0 fully saturated rings. The van der Waals surface area contributed by atoms with Crippen molar-refractivity contribution in [1.82, 2.24) is 9.97 Å². The Balaban J connectivity index is 2.11. The number of hydrogen-bond acceptors (Lipinski definition) is 5. The van der Waals surface area contributed by atoms with Gasteiger partial charge in [-0.2, -0.15) is 4.98 Å². The number of rotatable bonds is 3. The number of aromatic nitrogens is 2. The van der Waals surface area contributed by atoms with E-state index in [1.807, 2.05) is 18.2 Å². The van der Waals surface area contributed by atoms with E-state index < -0.39 is 0 Å². The van der Waals surface area contributed by atoms with Crippen LogP contribution < -0.4 is 11.1 Å². The van der Waals surface area contributed by atoms with Gasteiger partial charge in [-0.1, -0.05) is 19.1 Å². The average Bonchev–Trinajstić information content (AvgIpc) is 2.84. The van der Waals surface area contributed by atoms with E-state index in [-0.39, 0.29) is 0 Å². The summed E-state index contributed by atoms with van der Waals surface area (Å²) < 4.78 is 1.14. The molecule has 0 spiro atoms. The standard InChI is InChI=1S/C14H13IN4S/c1-2-8-7-9-12(18-14(16)19-13(9)20-8)17-11-6-4-3-5-10(11)15/h3-7H,2H2,1H3,(H3,16,17,18,19). The minimum atomic E-state index is 0.301. The zero-order valence-electron chi connectivity index (χ0n) is 10.9. The summed E-state index contributed by atoms with van der Waals surface area (Å²) in [5, 5.41) is 4.39. The fourth-order valence-corrected chi connectivity index (χ4v) is 3.44. The summed E-state index contributed by atoms with van der Waals surface area (Å²) in [5.41, 5.74) is 6.83. The number of benzene rings is 1. The third-order valence-corrected chi connectivity index (χ3v) is 5.05. The highest BCUT2D eigenvalue weighted by atomic mass is 127. The van der Waals surface area contributed by atoms with Crippen LogP contribution in [0.4, 0.5) is 17.5 Å². The molecule has 0 radical (unpaired) electrons. The number of nitrogen functional groups attached to an aromatic ring is 1. The lowest BCUT2D eigenvalue weighted by Crippen LogP contribution is -2.01. The van der Waals surface area contributed by atoms with E-state index in [1.54, 1.807) is 11.3 Å². The molecule has 4 nitrogen and oxygen atoms in total. The van der Waals surface area contributed by atoms with Crippen LogP contribution in [-0.4, -0.2) is 9.97 Å². The predicted octanol–water partition coefficient (Wildman–Crippen LogP) is 4.18. The summed E-state index contributed by atoms with van der Waals surface area (Å²) in [7, 11) is 0. The number of anilines is 3. The first kappa shape index (κ1) is 13.6. The lowest BCUT2D eigenvalue weighted by atomic mass is 10.3. The quantitative estimate of drug-likeness (QED) is 0.652. The molecule has 2 aromatic heterocycles. The van der Waals surface area contributed by atoms with Crippen LogP contribution in [0, 0.1) is 3.57 Å². The first-order valence-electron chi connectivity index (χ1n) is 6.25. The molecule has 6 heteroatoms. The number of thiophene rings is 1. The average molecular weight is 396 g/mol. The Morgan fingerprint density at radius 3 is 2.85 bits per heavy atom. The highest BCUT2D eigenvalue weighted by Gasteiger charge is 2.11. The fraction of sp³-hybridized carbons (Fsp3) is 0.143. The van der Waals surface area contributed by atoms with Gasteiger partial charge < -0.3 is 11.1 Å². The van der Waals surface area contributed by atoms with E-state index in [4.69, 9.17) is 5.73 Å². The highest BCUT2D eigenvalue weighted by molar-refractivity contribution is 14.1. The van der Waals surface area contributed by atoms with Crippen molar-refractivity contribution in [2.24, 2.45) is 0 Å². The Labute approximate surface area is 134 Å². The van der Waals surface area contributed by atoms with E-state index in [9.17, 15) is 0 Å². The molecule has 0 amide bonds. The molecule has 3 N–H and O–H groups in total. The van der Waals surface area contributed by atoms with Crippen molar-refractivity contribution in [2.75, 3.05) is 11.1 Å². The van der Waals surface area contributed by atoms with Crippen LogP contribution in [0.5, 0.6) is 0 Å². The van der Waals surface area contributed by atoms with Crippen molar-refractivity contribution in [3.63, 3.8) is 0 Å². The maximum atomic E-state index is 5.81. The Kier molecular flexibility index (Phi) is 3.75. The predicted molar refractivity (Wildman–Crippen MR) is 93.6 cm³/mol. The second-order valence-electron chi connectivity index (χ2n) is 4.32. The first-order valence-corrected chi connectivity index (χ1v) is 8.14. The Bertz CT molecular complexity index is 769. The number of para-hydroxylation sites is 1. The van der Waals surface area contributed by atoms with E-state index in [0.717, 1.165) is 31.7 Å².